The van der Waals surface area contributed by atoms with Crippen LogP contribution in [-0.4, -0.2) is 59.7 Å². The minimum absolute atomic E-state index is 0.0921. The van der Waals surface area contributed by atoms with Crippen molar-refractivity contribution in [2.45, 2.75) is 50.6 Å². The number of fused-ring (bicyclic) bond motifs is 3. The van der Waals surface area contributed by atoms with Gasteiger partial charge in [0.15, 0.2) is 5.82 Å². The molecule has 0 bridgehead atoms. The summed E-state index contributed by atoms with van der Waals surface area (Å²) in [7, 11) is -2.43. The number of hydrogen-bond acceptors (Lipinski definition) is 9. The summed E-state index contributed by atoms with van der Waals surface area (Å²) in [5.41, 5.74) is 0.0504. The van der Waals surface area contributed by atoms with Crippen LogP contribution < -0.4 is 10.2 Å². The largest absolute Gasteiger partial charge is 0.504 e. The molecule has 0 saturated carbocycles. The normalized spacial score (nSPS) is 22.9. The third kappa shape index (κ3) is 4.87. The van der Waals surface area contributed by atoms with Crippen LogP contribution in [0.15, 0.2) is 41.2 Å². The lowest BCUT2D eigenvalue weighted by Gasteiger charge is -2.46. The number of hydrogen-bond donors (Lipinski definition) is 1. The highest BCUT2D eigenvalue weighted by molar-refractivity contribution is 7.92. The highest BCUT2D eigenvalue weighted by Crippen LogP contribution is 2.53. The zero-order valence-corrected chi connectivity index (χ0v) is 21.8. The summed E-state index contributed by atoms with van der Waals surface area (Å²) >= 11 is 0. The molecule has 3 aromatic heterocycles. The molecule has 14 heteroatoms. The lowest BCUT2D eigenvalue weighted by atomic mass is 9.73. The maximum atomic E-state index is 13.0. The van der Waals surface area contributed by atoms with Crippen LogP contribution in [0.2, 0.25) is 0 Å². The van der Waals surface area contributed by atoms with Gasteiger partial charge in [0.05, 0.1) is 36.3 Å². The van der Waals surface area contributed by atoms with Crippen LogP contribution in [0, 0.1) is 0 Å². The molecule has 0 amide bonds. The van der Waals surface area contributed by atoms with Crippen LogP contribution in [0.3, 0.4) is 0 Å². The standard InChI is InChI=1S/C23H27F3N8O2S/c1-21(2)9-16-22(3,13-36-21)15-11-27-20(29-14-10-28-33(12-14)23(24,25)26)31-19(15)34(16)18-8-6-7-17(30-18)32-37(4,5)35/h6-8,10-12,16H,9,13H2,1-5H3,(H,27,29,31)/t16-,22-/m1/s1. The van der Waals surface area contributed by atoms with E-state index in [1.54, 1.807) is 18.3 Å². The minimum atomic E-state index is -4.63. The molecule has 0 aromatic carbocycles. The molecule has 1 N–H and O–H groups in total. The zero-order valence-electron chi connectivity index (χ0n) is 20.9. The van der Waals surface area contributed by atoms with Gasteiger partial charge in [0.2, 0.25) is 5.95 Å². The lowest BCUT2D eigenvalue weighted by Crippen LogP contribution is -2.54. The molecular formula is C23H27F3N8O2S. The second kappa shape index (κ2) is 8.38. The number of ether oxygens (including phenoxy) is 1. The maximum Gasteiger partial charge on any atom is 0.504 e. The van der Waals surface area contributed by atoms with Crippen molar-refractivity contribution >= 4 is 38.8 Å². The third-order valence-corrected chi connectivity index (χ3v) is 7.11. The Morgan fingerprint density at radius 1 is 1.19 bits per heavy atom. The molecule has 0 aliphatic carbocycles. The van der Waals surface area contributed by atoms with E-state index in [0.717, 1.165) is 18.0 Å². The molecule has 5 rings (SSSR count). The van der Waals surface area contributed by atoms with Gasteiger partial charge in [-0.05, 0) is 32.4 Å². The van der Waals surface area contributed by atoms with Crippen molar-refractivity contribution in [2.24, 2.45) is 4.36 Å². The Bertz CT molecular complexity index is 1470. The van der Waals surface area contributed by atoms with Gasteiger partial charge in [-0.15, -0.1) is 13.2 Å². The van der Waals surface area contributed by atoms with E-state index in [9.17, 15) is 17.4 Å². The summed E-state index contributed by atoms with van der Waals surface area (Å²) in [6, 6.07) is 5.20. The fourth-order valence-corrected chi connectivity index (χ4v) is 5.29. The number of nitrogens with zero attached hydrogens (tertiary/aromatic N) is 7. The van der Waals surface area contributed by atoms with Crippen molar-refractivity contribution < 1.29 is 22.1 Å². The van der Waals surface area contributed by atoms with Gasteiger partial charge in [0.1, 0.15) is 11.6 Å². The molecule has 5 heterocycles. The average molecular weight is 537 g/mol. The number of halogens is 3. The molecule has 198 valence electrons. The first kappa shape index (κ1) is 25.4. The Morgan fingerprint density at radius 2 is 1.95 bits per heavy atom. The molecule has 10 nitrogen and oxygen atoms in total. The number of alkyl halides is 3. The molecule has 1 fully saturated rings. The molecule has 2 aliphatic rings. The molecule has 1 saturated heterocycles. The number of nitrogens with one attached hydrogen (secondary N) is 1. The second-order valence-corrected chi connectivity index (χ2v) is 12.9. The maximum absolute atomic E-state index is 13.0. The fraction of sp³-hybridized carbons (Fsp3) is 0.478. The molecule has 2 aliphatic heterocycles. The Balaban J connectivity index is 1.59. The van der Waals surface area contributed by atoms with Gasteiger partial charge in [0, 0.05) is 39.4 Å². The SMILES string of the molecule is CC1(C)C[C@H]2N(c3cccc(N=S(C)(C)=O)n3)c3nc(Nc4cnn(C(F)(F)F)c4)ncc3[C@@]2(C)CO1. The smallest absolute Gasteiger partial charge is 0.374 e. The fourth-order valence-electron chi connectivity index (χ4n) is 4.74. The number of rotatable bonds is 4. The number of anilines is 4. The van der Waals surface area contributed by atoms with Crippen molar-refractivity contribution in [2.75, 3.05) is 29.3 Å². The van der Waals surface area contributed by atoms with Crippen molar-refractivity contribution in [3.8, 4) is 0 Å². The van der Waals surface area contributed by atoms with Crippen LogP contribution >= 0.6 is 0 Å². The van der Waals surface area contributed by atoms with E-state index < -0.39 is 27.0 Å². The third-order valence-electron chi connectivity index (χ3n) is 6.49. The molecule has 37 heavy (non-hydrogen) atoms. The quantitative estimate of drug-likeness (QED) is 0.514. The van der Waals surface area contributed by atoms with Crippen LogP contribution in [0.1, 0.15) is 32.8 Å². The van der Waals surface area contributed by atoms with Gasteiger partial charge >= 0.3 is 6.30 Å². The monoisotopic (exact) mass is 536 g/mol. The predicted molar refractivity (Wildman–Crippen MR) is 133 cm³/mol. The van der Waals surface area contributed by atoms with Crippen LogP contribution in [0.25, 0.3) is 0 Å². The molecular weight excluding hydrogens is 509 g/mol. The number of pyridine rings is 1. The molecule has 2 atom stereocenters. The van der Waals surface area contributed by atoms with Crippen molar-refractivity contribution in [3.63, 3.8) is 0 Å². The number of aromatic nitrogens is 5. The van der Waals surface area contributed by atoms with E-state index in [-0.39, 0.29) is 22.4 Å². The Labute approximate surface area is 212 Å². The van der Waals surface area contributed by atoms with E-state index in [0.29, 0.717) is 30.5 Å². The predicted octanol–water partition coefficient (Wildman–Crippen LogP) is 4.62. The van der Waals surface area contributed by atoms with E-state index in [1.165, 1.54) is 12.5 Å². The van der Waals surface area contributed by atoms with E-state index in [4.69, 9.17) is 9.72 Å². The highest BCUT2D eigenvalue weighted by atomic mass is 32.2. The summed E-state index contributed by atoms with van der Waals surface area (Å²) in [4.78, 5) is 15.8. The van der Waals surface area contributed by atoms with Crippen LogP contribution in [-0.2, 0) is 26.2 Å². The Kier molecular flexibility index (Phi) is 5.75. The summed E-state index contributed by atoms with van der Waals surface area (Å²) in [5.74, 6) is 1.57. The lowest BCUT2D eigenvalue weighted by molar-refractivity contribution is -0.212. The Morgan fingerprint density at radius 3 is 2.62 bits per heavy atom. The van der Waals surface area contributed by atoms with Crippen molar-refractivity contribution in [3.05, 3.63) is 42.4 Å². The van der Waals surface area contributed by atoms with Gasteiger partial charge in [0.25, 0.3) is 0 Å². The van der Waals surface area contributed by atoms with Gasteiger partial charge in [-0.25, -0.2) is 14.2 Å². The van der Waals surface area contributed by atoms with E-state index >= 15 is 0 Å². The summed E-state index contributed by atoms with van der Waals surface area (Å²) < 4.78 is 61.5. The van der Waals surface area contributed by atoms with Gasteiger partial charge in [-0.1, -0.05) is 13.0 Å². The second-order valence-electron chi connectivity index (χ2n) is 10.4. The first-order valence-electron chi connectivity index (χ1n) is 11.5. The molecule has 0 unspecified atom stereocenters. The van der Waals surface area contributed by atoms with Crippen molar-refractivity contribution in [1.82, 2.24) is 24.7 Å². The van der Waals surface area contributed by atoms with E-state index in [1.807, 2.05) is 24.8 Å². The highest BCUT2D eigenvalue weighted by Gasteiger charge is 2.55. The molecule has 3 aromatic rings. The summed E-state index contributed by atoms with van der Waals surface area (Å²) in [5, 5.41) is 6.16. The topological polar surface area (TPSA) is 110 Å². The van der Waals surface area contributed by atoms with E-state index in [2.05, 4.69) is 31.7 Å². The van der Waals surface area contributed by atoms with Gasteiger partial charge in [-0.2, -0.15) is 19.1 Å². The van der Waals surface area contributed by atoms with Crippen molar-refractivity contribution in [1.29, 1.82) is 0 Å². The average Bonchev–Trinajstić information content (AvgIpc) is 3.33. The minimum Gasteiger partial charge on any atom is -0.374 e. The van der Waals surface area contributed by atoms with Crippen LogP contribution in [0.4, 0.5) is 42.3 Å². The molecule has 0 spiro atoms. The first-order valence-corrected chi connectivity index (χ1v) is 13.8. The van der Waals surface area contributed by atoms with Gasteiger partial charge < -0.3 is 15.0 Å². The Hall–Kier alpha value is -3.26. The zero-order chi connectivity index (χ0) is 26.8. The summed E-state index contributed by atoms with van der Waals surface area (Å²) in [6.07, 6.45) is 2.65. The summed E-state index contributed by atoms with van der Waals surface area (Å²) in [6.45, 7) is 6.54. The molecule has 0 radical (unpaired) electrons. The first-order chi connectivity index (χ1) is 17.1. The van der Waals surface area contributed by atoms with Gasteiger partial charge in [-0.3, -0.25) is 0 Å². The van der Waals surface area contributed by atoms with Crippen LogP contribution in [0.5, 0.6) is 0 Å².